The van der Waals surface area contributed by atoms with E-state index in [1.165, 1.54) is 0 Å². The van der Waals surface area contributed by atoms with Crippen molar-refractivity contribution in [2.45, 2.75) is 13.3 Å². The number of anilines is 2. The van der Waals surface area contributed by atoms with Crippen molar-refractivity contribution >= 4 is 28.8 Å². The zero-order valence-corrected chi connectivity index (χ0v) is 10.9. The van der Waals surface area contributed by atoms with Crippen LogP contribution in [-0.4, -0.2) is 43.9 Å². The van der Waals surface area contributed by atoms with Crippen molar-refractivity contribution in [2.75, 3.05) is 23.7 Å². The van der Waals surface area contributed by atoms with E-state index in [0.717, 1.165) is 6.42 Å². The molecular formula is C11H16N6O2. The molecule has 8 heteroatoms. The molecule has 0 spiro atoms. The minimum atomic E-state index is -0.930. The van der Waals surface area contributed by atoms with Gasteiger partial charge in [-0.1, -0.05) is 6.92 Å². The number of carboxylic acid groups (broad SMARTS) is 1. The van der Waals surface area contributed by atoms with E-state index < -0.39 is 5.97 Å². The van der Waals surface area contributed by atoms with Gasteiger partial charge < -0.3 is 15.7 Å². The van der Waals surface area contributed by atoms with Gasteiger partial charge in [0.2, 0.25) is 5.95 Å². The van der Waals surface area contributed by atoms with Crippen molar-refractivity contribution in [3.8, 4) is 0 Å². The molecule has 0 unspecified atom stereocenters. The molecule has 2 aromatic heterocycles. The second-order valence-corrected chi connectivity index (χ2v) is 4.23. The van der Waals surface area contributed by atoms with Crippen LogP contribution < -0.4 is 10.6 Å². The second kappa shape index (κ2) is 5.09. The van der Waals surface area contributed by atoms with Gasteiger partial charge in [-0.3, -0.25) is 9.48 Å². The van der Waals surface area contributed by atoms with Gasteiger partial charge in [0.1, 0.15) is 12.4 Å². The zero-order chi connectivity index (χ0) is 14.0. The van der Waals surface area contributed by atoms with Gasteiger partial charge in [-0.15, -0.1) is 0 Å². The molecule has 0 radical (unpaired) electrons. The molecule has 2 heterocycles. The first-order valence-corrected chi connectivity index (χ1v) is 5.95. The van der Waals surface area contributed by atoms with Crippen LogP contribution in [0.3, 0.4) is 0 Å². The molecule has 0 aliphatic rings. The van der Waals surface area contributed by atoms with Gasteiger partial charge in [0.25, 0.3) is 0 Å². The highest BCUT2D eigenvalue weighted by Gasteiger charge is 2.16. The number of aromatic nitrogens is 4. The number of hydrogen-bond donors (Lipinski definition) is 2. The number of carboxylic acids is 1. The van der Waals surface area contributed by atoms with E-state index in [2.05, 4.69) is 15.1 Å². The molecule has 0 aliphatic carbocycles. The van der Waals surface area contributed by atoms with Gasteiger partial charge in [-0.2, -0.15) is 15.1 Å². The van der Waals surface area contributed by atoms with Crippen molar-refractivity contribution in [2.24, 2.45) is 7.05 Å². The summed E-state index contributed by atoms with van der Waals surface area (Å²) in [7, 11) is 1.75. The largest absolute Gasteiger partial charge is 0.480 e. The summed E-state index contributed by atoms with van der Waals surface area (Å²) in [6, 6.07) is 0. The van der Waals surface area contributed by atoms with Crippen molar-refractivity contribution in [1.82, 2.24) is 19.7 Å². The standard InChI is InChI=1S/C11H16N6O2/c1-3-4-17(6-8(18)19)11-14-9(12)7-5-13-16(2)10(7)15-11/h5H,3-4,6H2,1-2H3,(H,18,19)(H2,12,14,15). The average Bonchev–Trinajstić information content (AvgIpc) is 2.71. The van der Waals surface area contributed by atoms with Crippen LogP contribution in [0, 0.1) is 0 Å². The fourth-order valence-electron chi connectivity index (χ4n) is 1.86. The number of nitrogens with two attached hydrogens (primary N) is 1. The minimum Gasteiger partial charge on any atom is -0.480 e. The third-order valence-corrected chi connectivity index (χ3v) is 2.71. The lowest BCUT2D eigenvalue weighted by atomic mass is 10.4. The van der Waals surface area contributed by atoms with Gasteiger partial charge >= 0.3 is 5.97 Å². The molecule has 0 saturated heterocycles. The molecule has 0 aromatic carbocycles. The monoisotopic (exact) mass is 264 g/mol. The van der Waals surface area contributed by atoms with E-state index in [0.29, 0.717) is 29.3 Å². The van der Waals surface area contributed by atoms with Crippen LogP contribution in [0.2, 0.25) is 0 Å². The Balaban J connectivity index is 2.46. The summed E-state index contributed by atoms with van der Waals surface area (Å²) in [5, 5.41) is 13.7. The van der Waals surface area contributed by atoms with Crippen molar-refractivity contribution < 1.29 is 9.90 Å². The smallest absolute Gasteiger partial charge is 0.323 e. The molecule has 0 fully saturated rings. The number of nitrogen functional groups attached to an aromatic ring is 1. The van der Waals surface area contributed by atoms with Crippen LogP contribution in [0.5, 0.6) is 0 Å². The number of carbonyl (C=O) groups is 1. The third kappa shape index (κ3) is 2.56. The van der Waals surface area contributed by atoms with Crippen LogP contribution in [0.4, 0.5) is 11.8 Å². The molecule has 2 rings (SSSR count). The number of hydrogen-bond acceptors (Lipinski definition) is 6. The van der Waals surface area contributed by atoms with Gasteiger partial charge in [-0.05, 0) is 6.42 Å². The fraction of sp³-hybridized carbons (Fsp3) is 0.455. The molecule has 0 atom stereocenters. The van der Waals surface area contributed by atoms with E-state index >= 15 is 0 Å². The van der Waals surface area contributed by atoms with Crippen molar-refractivity contribution in [1.29, 1.82) is 0 Å². The number of aliphatic carboxylic acids is 1. The van der Waals surface area contributed by atoms with Gasteiger partial charge in [-0.25, -0.2) is 0 Å². The Labute approximate surface area is 109 Å². The van der Waals surface area contributed by atoms with E-state index in [1.54, 1.807) is 22.8 Å². The first-order valence-electron chi connectivity index (χ1n) is 5.95. The summed E-state index contributed by atoms with van der Waals surface area (Å²) >= 11 is 0. The van der Waals surface area contributed by atoms with Crippen LogP contribution in [0.25, 0.3) is 11.0 Å². The Morgan fingerprint density at radius 2 is 2.26 bits per heavy atom. The Kier molecular flexibility index (Phi) is 3.50. The highest BCUT2D eigenvalue weighted by molar-refractivity contribution is 5.86. The SMILES string of the molecule is CCCN(CC(=O)O)c1nc(N)c2cnn(C)c2n1. The maximum absolute atomic E-state index is 10.9. The number of rotatable bonds is 5. The predicted molar refractivity (Wildman–Crippen MR) is 70.9 cm³/mol. The molecule has 2 aromatic rings. The number of nitrogens with zero attached hydrogens (tertiary/aromatic N) is 5. The van der Waals surface area contributed by atoms with Crippen LogP contribution in [-0.2, 0) is 11.8 Å². The summed E-state index contributed by atoms with van der Waals surface area (Å²) in [5.74, 6) is -0.307. The first kappa shape index (κ1) is 13.1. The summed E-state index contributed by atoms with van der Waals surface area (Å²) in [4.78, 5) is 21.0. The molecule has 19 heavy (non-hydrogen) atoms. The number of aryl methyl sites for hydroxylation is 1. The highest BCUT2D eigenvalue weighted by Crippen LogP contribution is 2.20. The summed E-state index contributed by atoms with van der Waals surface area (Å²) in [6.45, 7) is 2.35. The lowest BCUT2D eigenvalue weighted by Gasteiger charge is -2.20. The summed E-state index contributed by atoms with van der Waals surface area (Å²) in [5.41, 5.74) is 6.45. The minimum absolute atomic E-state index is 0.156. The first-order chi connectivity index (χ1) is 9.02. The van der Waals surface area contributed by atoms with Gasteiger partial charge in [0, 0.05) is 13.6 Å². The predicted octanol–water partition coefficient (Wildman–Crippen LogP) is 0.246. The highest BCUT2D eigenvalue weighted by atomic mass is 16.4. The Bertz CT molecular complexity index is 608. The molecule has 0 bridgehead atoms. The number of fused-ring (bicyclic) bond motifs is 1. The van der Waals surface area contributed by atoms with Crippen LogP contribution in [0.15, 0.2) is 6.20 Å². The molecule has 102 valence electrons. The zero-order valence-electron chi connectivity index (χ0n) is 10.9. The summed E-state index contributed by atoms with van der Waals surface area (Å²) in [6.07, 6.45) is 2.38. The molecule has 0 aliphatic heterocycles. The quantitative estimate of drug-likeness (QED) is 0.796. The lowest BCUT2D eigenvalue weighted by Crippen LogP contribution is -2.32. The fourth-order valence-corrected chi connectivity index (χ4v) is 1.86. The van der Waals surface area contributed by atoms with Gasteiger partial charge in [0.05, 0.1) is 11.6 Å². The second-order valence-electron chi connectivity index (χ2n) is 4.23. The Morgan fingerprint density at radius 3 is 2.89 bits per heavy atom. The molecule has 8 nitrogen and oxygen atoms in total. The maximum Gasteiger partial charge on any atom is 0.323 e. The molecular weight excluding hydrogens is 248 g/mol. The van der Waals surface area contributed by atoms with Gasteiger partial charge in [0.15, 0.2) is 5.65 Å². The van der Waals surface area contributed by atoms with Crippen LogP contribution >= 0.6 is 0 Å². The summed E-state index contributed by atoms with van der Waals surface area (Å²) < 4.78 is 1.59. The normalized spacial score (nSPS) is 10.8. The van der Waals surface area contributed by atoms with Crippen LogP contribution in [0.1, 0.15) is 13.3 Å². The topological polar surface area (TPSA) is 110 Å². The lowest BCUT2D eigenvalue weighted by molar-refractivity contribution is -0.135. The molecule has 0 saturated carbocycles. The Hall–Kier alpha value is -2.38. The van der Waals surface area contributed by atoms with E-state index in [-0.39, 0.29) is 6.54 Å². The average molecular weight is 264 g/mol. The Morgan fingerprint density at radius 1 is 1.53 bits per heavy atom. The maximum atomic E-state index is 10.9. The van der Waals surface area contributed by atoms with Crippen molar-refractivity contribution in [3.05, 3.63) is 6.20 Å². The van der Waals surface area contributed by atoms with E-state index in [9.17, 15) is 4.79 Å². The third-order valence-electron chi connectivity index (χ3n) is 2.71. The van der Waals surface area contributed by atoms with Crippen molar-refractivity contribution in [3.63, 3.8) is 0 Å². The van der Waals surface area contributed by atoms with E-state index in [4.69, 9.17) is 10.8 Å². The molecule has 3 N–H and O–H groups in total. The molecule has 0 amide bonds. The van der Waals surface area contributed by atoms with E-state index in [1.807, 2.05) is 6.92 Å².